The van der Waals surface area contributed by atoms with Crippen LogP contribution in [0.15, 0.2) is 4.99 Å². The number of carbonyl (C=O) groups excluding carboxylic acids is 3. The Kier molecular flexibility index (Phi) is 24.7. The third kappa shape index (κ3) is 27.9. The molecule has 2 unspecified atom stereocenters. The zero-order valence-electron chi connectivity index (χ0n) is 27.7. The topological polar surface area (TPSA) is 319 Å². The number of amides is 2. The number of nitrogens with zero attached hydrogens (tertiary/aromatic N) is 4. The molecule has 12 N–H and O–H groups in total. The third-order valence-corrected chi connectivity index (χ3v) is 5.17. The van der Waals surface area contributed by atoms with Crippen molar-refractivity contribution in [3.8, 4) is 0 Å². The molecule has 0 aliphatic carbocycles. The minimum atomic E-state index is -1.12. The first-order valence-corrected chi connectivity index (χ1v) is 14.3. The molecular weight excluding hydrogens is 590 g/mol. The van der Waals surface area contributed by atoms with Crippen LogP contribution in [-0.2, 0) is 24.0 Å². The van der Waals surface area contributed by atoms with Gasteiger partial charge >= 0.3 is 11.9 Å². The van der Waals surface area contributed by atoms with E-state index in [-0.39, 0.29) is 49.4 Å². The average molecular weight is 644 g/mol. The van der Waals surface area contributed by atoms with Gasteiger partial charge in [0.25, 0.3) is 0 Å². The van der Waals surface area contributed by atoms with E-state index in [1.54, 1.807) is 13.8 Å². The average Bonchev–Trinajstić information content (AvgIpc) is 3.44. The fourth-order valence-electron chi connectivity index (χ4n) is 2.50. The smallest absolute Gasteiger partial charge is 0.303 e. The number of nitrogens with two attached hydrogens (primary N) is 3. The Morgan fingerprint density at radius 2 is 1.27 bits per heavy atom. The molecular formula is C27H53N11O7. The number of amidine groups is 1. The number of carboxylic acid groups (broad SMARTS) is 2. The number of H-pyrrole nitrogens is 1. The lowest BCUT2D eigenvalue weighted by Gasteiger charge is -2.22. The normalized spacial score (nSPS) is 11.4. The molecule has 2 atom stereocenters. The molecule has 1 aromatic heterocycles. The summed E-state index contributed by atoms with van der Waals surface area (Å²) in [6, 6.07) is -1.90. The second-order valence-electron chi connectivity index (χ2n) is 10.9. The standard InChI is InChI=1S/C15H24N2O7.C4H8N4.C4H11N3.C4H10N2/c1-8(2)14(23)17-11(5-7-13(21)22)15(24)16-10(9(3)18)4-6-12(19)20;1-3(2)4-5-7-8-6-4;1-3(2)7-4(5)6;1-3(2)4(5)6/h8,10-11H,4-7H2,1-3H3,(H,16,24)(H,17,23)(H,19,20)(H,21,22);3H,1-2H3,(H,5,6,7,8);3H,1-2H3,(H4,5,6,7);3H,1-2H3,(H3,5,6). The van der Waals surface area contributed by atoms with E-state index in [4.69, 9.17) is 32.8 Å². The highest BCUT2D eigenvalue weighted by Crippen LogP contribution is 2.05. The van der Waals surface area contributed by atoms with Crippen molar-refractivity contribution < 1.29 is 34.2 Å². The second kappa shape index (κ2) is 24.8. The van der Waals surface area contributed by atoms with Crippen molar-refractivity contribution in [2.24, 2.45) is 34.0 Å². The number of ketones is 1. The molecule has 18 heteroatoms. The van der Waals surface area contributed by atoms with Crippen LogP contribution >= 0.6 is 0 Å². The third-order valence-electron chi connectivity index (χ3n) is 5.17. The highest BCUT2D eigenvalue weighted by Gasteiger charge is 2.26. The number of rotatable bonds is 14. The van der Waals surface area contributed by atoms with E-state index in [0.717, 1.165) is 5.82 Å². The summed E-state index contributed by atoms with van der Waals surface area (Å²) in [5.41, 5.74) is 15.1. The van der Waals surface area contributed by atoms with Gasteiger partial charge in [0.05, 0.1) is 11.9 Å². The first-order chi connectivity index (χ1) is 20.6. The molecule has 258 valence electrons. The highest BCUT2D eigenvalue weighted by atomic mass is 16.4. The summed E-state index contributed by atoms with van der Waals surface area (Å²) >= 11 is 0. The Balaban J connectivity index is -0.000000671. The number of carbonyl (C=O) groups is 5. The van der Waals surface area contributed by atoms with Crippen LogP contribution in [0.25, 0.3) is 0 Å². The number of aliphatic carboxylic acids is 2. The van der Waals surface area contributed by atoms with Gasteiger partial charge in [-0.15, -0.1) is 10.2 Å². The summed E-state index contributed by atoms with van der Waals surface area (Å²) in [4.78, 5) is 60.6. The van der Waals surface area contributed by atoms with E-state index in [0.29, 0.717) is 5.92 Å². The van der Waals surface area contributed by atoms with Crippen LogP contribution in [0.5, 0.6) is 0 Å². The summed E-state index contributed by atoms with van der Waals surface area (Å²) in [5.74, 6) is -2.42. The van der Waals surface area contributed by atoms with Crippen molar-refractivity contribution in [2.75, 3.05) is 0 Å². The lowest BCUT2D eigenvalue weighted by atomic mass is 10.0. The molecule has 0 saturated heterocycles. The number of guanidine groups is 1. The first-order valence-electron chi connectivity index (χ1n) is 14.3. The summed E-state index contributed by atoms with van der Waals surface area (Å²) in [6.45, 7) is 16.1. The SMILES string of the molecule is CC(=O)C(CCC(=O)O)NC(=O)C(CCC(=O)O)NC(=O)C(C)C.CC(C)C(=N)N.CC(C)N=C(N)N.CC(C)c1nn[nH]n1. The van der Waals surface area contributed by atoms with E-state index >= 15 is 0 Å². The number of aliphatic imine (C=N–C) groups is 1. The molecule has 1 rings (SSSR count). The molecule has 0 radical (unpaired) electrons. The van der Waals surface area contributed by atoms with Crippen molar-refractivity contribution in [2.45, 2.75) is 112 Å². The van der Waals surface area contributed by atoms with Gasteiger partial charge in [0, 0.05) is 36.6 Å². The summed E-state index contributed by atoms with van der Waals surface area (Å²) in [6.07, 6.45) is -0.859. The van der Waals surface area contributed by atoms with E-state index in [1.165, 1.54) is 6.92 Å². The van der Waals surface area contributed by atoms with Crippen LogP contribution in [0.1, 0.15) is 99.7 Å². The summed E-state index contributed by atoms with van der Waals surface area (Å²) in [5, 5.41) is 42.3. The van der Waals surface area contributed by atoms with Crippen molar-refractivity contribution in [3.63, 3.8) is 0 Å². The second-order valence-corrected chi connectivity index (χ2v) is 10.9. The lowest BCUT2D eigenvalue weighted by Crippen LogP contribution is -2.52. The number of aromatic amines is 1. The maximum Gasteiger partial charge on any atom is 0.303 e. The van der Waals surface area contributed by atoms with E-state index in [9.17, 15) is 24.0 Å². The molecule has 0 aliphatic rings. The molecule has 0 fully saturated rings. The molecule has 0 aliphatic heterocycles. The van der Waals surface area contributed by atoms with Gasteiger partial charge < -0.3 is 38.0 Å². The van der Waals surface area contributed by atoms with Gasteiger partial charge in [-0.1, -0.05) is 46.8 Å². The number of carboxylic acids is 2. The maximum absolute atomic E-state index is 12.3. The largest absolute Gasteiger partial charge is 0.481 e. The minimum Gasteiger partial charge on any atom is -0.481 e. The number of hydrogen-bond donors (Lipinski definition) is 9. The Hall–Kier alpha value is -4.64. The fraction of sp³-hybridized carbons (Fsp3) is 0.704. The molecule has 0 aromatic carbocycles. The molecule has 18 nitrogen and oxygen atoms in total. The van der Waals surface area contributed by atoms with Crippen LogP contribution in [0.4, 0.5) is 0 Å². The quantitative estimate of drug-likeness (QED) is 0.0986. The molecule has 45 heavy (non-hydrogen) atoms. The van der Waals surface area contributed by atoms with Crippen LogP contribution in [0.3, 0.4) is 0 Å². The van der Waals surface area contributed by atoms with Crippen molar-refractivity contribution in [1.82, 2.24) is 31.3 Å². The minimum absolute atomic E-state index is 0.0832. The van der Waals surface area contributed by atoms with E-state index < -0.39 is 47.5 Å². The van der Waals surface area contributed by atoms with Crippen molar-refractivity contribution in [1.29, 1.82) is 5.41 Å². The van der Waals surface area contributed by atoms with Crippen molar-refractivity contribution in [3.05, 3.63) is 5.82 Å². The Morgan fingerprint density at radius 3 is 1.51 bits per heavy atom. The zero-order chi connectivity index (χ0) is 35.9. The fourth-order valence-corrected chi connectivity index (χ4v) is 2.50. The number of nitrogens with one attached hydrogen (secondary N) is 4. The molecule has 2 amide bonds. The summed E-state index contributed by atoms with van der Waals surface area (Å²) in [7, 11) is 0. The zero-order valence-corrected chi connectivity index (χ0v) is 27.7. The number of hydrogen-bond acceptors (Lipinski definition) is 10. The molecule has 0 bridgehead atoms. The molecule has 1 heterocycles. The monoisotopic (exact) mass is 643 g/mol. The van der Waals surface area contributed by atoms with Crippen LogP contribution in [0, 0.1) is 17.2 Å². The van der Waals surface area contributed by atoms with Gasteiger partial charge in [-0.25, -0.2) is 0 Å². The number of tetrazole rings is 1. The van der Waals surface area contributed by atoms with Crippen LogP contribution in [0.2, 0.25) is 0 Å². The van der Waals surface area contributed by atoms with Gasteiger partial charge in [0.1, 0.15) is 6.04 Å². The predicted octanol–water partition coefficient (Wildman–Crippen LogP) is 0.500. The maximum atomic E-state index is 12.3. The van der Waals surface area contributed by atoms with Crippen LogP contribution in [-0.4, -0.2) is 90.3 Å². The van der Waals surface area contributed by atoms with E-state index in [1.807, 2.05) is 41.5 Å². The van der Waals surface area contributed by atoms with Gasteiger partial charge in [-0.2, -0.15) is 5.21 Å². The molecule has 1 aromatic rings. The lowest BCUT2D eigenvalue weighted by molar-refractivity contribution is -0.139. The predicted molar refractivity (Wildman–Crippen MR) is 169 cm³/mol. The van der Waals surface area contributed by atoms with Gasteiger partial charge in [0.2, 0.25) is 11.8 Å². The number of aromatic nitrogens is 4. The number of Topliss-reactive ketones (excluding diaryl/α,β-unsaturated/α-hetero) is 1. The molecule has 0 saturated carbocycles. The van der Waals surface area contributed by atoms with Gasteiger partial charge in [-0.05, 0) is 33.6 Å². The Labute approximate surface area is 264 Å². The van der Waals surface area contributed by atoms with E-state index in [2.05, 4.69) is 36.3 Å². The van der Waals surface area contributed by atoms with Gasteiger partial charge in [0.15, 0.2) is 17.6 Å². The highest BCUT2D eigenvalue weighted by molar-refractivity contribution is 5.92. The van der Waals surface area contributed by atoms with Crippen molar-refractivity contribution >= 4 is 41.3 Å². The molecule has 0 spiro atoms. The first kappa shape index (κ1) is 44.8. The Bertz CT molecular complexity index is 1070. The summed E-state index contributed by atoms with van der Waals surface area (Å²) < 4.78 is 0. The Morgan fingerprint density at radius 1 is 0.822 bits per heavy atom. The van der Waals surface area contributed by atoms with Crippen LogP contribution < -0.4 is 27.8 Å². The van der Waals surface area contributed by atoms with Gasteiger partial charge in [-0.3, -0.25) is 34.4 Å².